The molecule has 0 aliphatic heterocycles. The lowest BCUT2D eigenvalue weighted by molar-refractivity contribution is -0.117. The van der Waals surface area contributed by atoms with E-state index in [1.807, 2.05) is 0 Å². The van der Waals surface area contributed by atoms with Crippen LogP contribution in [0.3, 0.4) is 0 Å². The molecule has 0 heterocycles. The van der Waals surface area contributed by atoms with Crippen molar-refractivity contribution in [3.8, 4) is 0 Å². The Morgan fingerprint density at radius 1 is 0.714 bits per heavy atom. The summed E-state index contributed by atoms with van der Waals surface area (Å²) in [5, 5.41) is 0. The van der Waals surface area contributed by atoms with Gasteiger partial charge in [-0.1, -0.05) is 91.9 Å². The van der Waals surface area contributed by atoms with E-state index in [4.69, 9.17) is 0 Å². The van der Waals surface area contributed by atoms with Crippen molar-refractivity contribution >= 4 is 5.78 Å². The largest absolute Gasteiger partial charge is 0.300 e. The van der Waals surface area contributed by atoms with Gasteiger partial charge in [0, 0.05) is 6.42 Å². The zero-order valence-corrected chi connectivity index (χ0v) is 15.4. The van der Waals surface area contributed by atoms with Crippen molar-refractivity contribution in [2.75, 3.05) is 0 Å². The maximum Gasteiger partial charge on any atom is 0.130 e. The van der Waals surface area contributed by atoms with E-state index in [1.165, 1.54) is 64.2 Å². The molecule has 0 rings (SSSR count). The summed E-state index contributed by atoms with van der Waals surface area (Å²) in [6.07, 6.45) is 14.4. The normalized spacial score (nSPS) is 15.7. The van der Waals surface area contributed by atoms with Crippen LogP contribution in [0.15, 0.2) is 0 Å². The Morgan fingerprint density at radius 2 is 1.14 bits per heavy atom. The molecule has 0 fully saturated rings. The molecule has 3 unspecified atom stereocenters. The van der Waals surface area contributed by atoms with Gasteiger partial charge in [0.25, 0.3) is 0 Å². The van der Waals surface area contributed by atoms with Crippen LogP contribution in [0.1, 0.15) is 105 Å². The van der Waals surface area contributed by atoms with Crippen LogP contribution in [0.2, 0.25) is 0 Å². The molecule has 0 spiro atoms. The highest BCUT2D eigenvalue weighted by Crippen LogP contribution is 2.22. The molecule has 0 aromatic heterocycles. The van der Waals surface area contributed by atoms with Crippen LogP contribution in [0.5, 0.6) is 0 Å². The highest BCUT2D eigenvalue weighted by atomic mass is 16.1. The Kier molecular flexibility index (Phi) is 13.1. The van der Waals surface area contributed by atoms with Gasteiger partial charge in [0.15, 0.2) is 0 Å². The second-order valence-electron chi connectivity index (χ2n) is 7.58. The molecule has 0 aliphatic rings. The van der Waals surface area contributed by atoms with Crippen molar-refractivity contribution < 1.29 is 4.79 Å². The van der Waals surface area contributed by atoms with E-state index in [1.54, 1.807) is 6.92 Å². The van der Waals surface area contributed by atoms with Crippen molar-refractivity contribution in [1.82, 2.24) is 0 Å². The molecule has 0 aromatic rings. The highest BCUT2D eigenvalue weighted by Gasteiger charge is 2.08. The molecule has 1 nitrogen and oxygen atoms in total. The average molecular weight is 297 g/mol. The summed E-state index contributed by atoms with van der Waals surface area (Å²) < 4.78 is 0. The molecule has 0 bridgehead atoms. The molecule has 1 heteroatoms. The van der Waals surface area contributed by atoms with E-state index >= 15 is 0 Å². The minimum absolute atomic E-state index is 0.340. The van der Waals surface area contributed by atoms with Gasteiger partial charge in [0.05, 0.1) is 0 Å². The summed E-state index contributed by atoms with van der Waals surface area (Å²) >= 11 is 0. The van der Waals surface area contributed by atoms with Gasteiger partial charge in [-0.25, -0.2) is 0 Å². The monoisotopic (exact) mass is 296 g/mol. The summed E-state index contributed by atoms with van der Waals surface area (Å²) in [5.41, 5.74) is 0. The molecule has 0 saturated carbocycles. The van der Waals surface area contributed by atoms with Crippen LogP contribution in [0.4, 0.5) is 0 Å². The smallest absolute Gasteiger partial charge is 0.130 e. The van der Waals surface area contributed by atoms with Crippen LogP contribution in [0, 0.1) is 17.8 Å². The van der Waals surface area contributed by atoms with Crippen molar-refractivity contribution in [2.24, 2.45) is 17.8 Å². The summed E-state index contributed by atoms with van der Waals surface area (Å²) in [5.74, 6) is 2.69. The Balaban J connectivity index is 3.49. The molecular weight excluding hydrogens is 256 g/mol. The lowest BCUT2D eigenvalue weighted by atomic mass is 9.91. The maximum atomic E-state index is 11.1. The van der Waals surface area contributed by atoms with Gasteiger partial charge in [0.2, 0.25) is 0 Å². The molecule has 126 valence electrons. The first-order chi connectivity index (χ1) is 9.95. The Hall–Kier alpha value is -0.330. The maximum absolute atomic E-state index is 11.1. The predicted octanol–water partition coefficient (Wildman–Crippen LogP) is 6.79. The lowest BCUT2D eigenvalue weighted by Crippen LogP contribution is -2.03. The Morgan fingerprint density at radius 3 is 1.57 bits per heavy atom. The summed E-state index contributed by atoms with van der Waals surface area (Å²) in [4.78, 5) is 11.1. The quantitative estimate of drug-likeness (QED) is 0.322. The molecule has 0 N–H and O–H groups in total. The minimum Gasteiger partial charge on any atom is -0.300 e. The van der Waals surface area contributed by atoms with Crippen LogP contribution in [0.25, 0.3) is 0 Å². The molecule has 3 atom stereocenters. The van der Waals surface area contributed by atoms with Crippen molar-refractivity contribution in [1.29, 1.82) is 0 Å². The molecule has 0 radical (unpaired) electrons. The van der Waals surface area contributed by atoms with E-state index in [0.717, 1.165) is 18.3 Å². The number of hydrogen-bond donors (Lipinski definition) is 0. The van der Waals surface area contributed by atoms with E-state index in [9.17, 15) is 4.79 Å². The van der Waals surface area contributed by atoms with Gasteiger partial charge in [0.1, 0.15) is 5.78 Å². The number of hydrogen-bond acceptors (Lipinski definition) is 1. The topological polar surface area (TPSA) is 17.1 Å². The zero-order chi connectivity index (χ0) is 16.1. The number of unbranched alkanes of at least 4 members (excludes halogenated alkanes) is 2. The summed E-state index contributed by atoms with van der Waals surface area (Å²) in [6, 6.07) is 0. The average Bonchev–Trinajstić information content (AvgIpc) is 2.38. The zero-order valence-electron chi connectivity index (χ0n) is 15.4. The van der Waals surface area contributed by atoms with E-state index in [-0.39, 0.29) is 0 Å². The second-order valence-corrected chi connectivity index (χ2v) is 7.58. The summed E-state index contributed by atoms with van der Waals surface area (Å²) in [6.45, 7) is 11.0. The summed E-state index contributed by atoms with van der Waals surface area (Å²) in [7, 11) is 0. The molecule has 0 aromatic carbocycles. The highest BCUT2D eigenvalue weighted by molar-refractivity contribution is 5.75. The number of rotatable bonds is 14. The van der Waals surface area contributed by atoms with E-state index in [0.29, 0.717) is 11.7 Å². The van der Waals surface area contributed by atoms with Gasteiger partial charge >= 0.3 is 0 Å². The van der Waals surface area contributed by atoms with Gasteiger partial charge in [-0.05, 0) is 24.7 Å². The van der Waals surface area contributed by atoms with Crippen LogP contribution in [-0.2, 0) is 4.79 Å². The first-order valence-electron chi connectivity index (χ1n) is 9.45. The first-order valence-corrected chi connectivity index (χ1v) is 9.45. The fourth-order valence-corrected chi connectivity index (χ4v) is 3.25. The fraction of sp³-hybridized carbons (Fsp3) is 0.950. The van der Waals surface area contributed by atoms with Crippen molar-refractivity contribution in [3.63, 3.8) is 0 Å². The molecule has 0 saturated heterocycles. The molecule has 0 amide bonds. The second kappa shape index (κ2) is 13.3. The van der Waals surface area contributed by atoms with Crippen molar-refractivity contribution in [3.05, 3.63) is 0 Å². The van der Waals surface area contributed by atoms with Crippen LogP contribution >= 0.6 is 0 Å². The Labute approximate surface area is 134 Å². The van der Waals surface area contributed by atoms with E-state index < -0.39 is 0 Å². The van der Waals surface area contributed by atoms with Gasteiger partial charge < -0.3 is 4.79 Å². The minimum atomic E-state index is 0.340. The van der Waals surface area contributed by atoms with Gasteiger partial charge in [-0.3, -0.25) is 0 Å². The SMILES string of the molecule is CCCCCC(C)CCCC(C)CCCC(C)CC(C)=O. The van der Waals surface area contributed by atoms with Crippen LogP contribution in [-0.4, -0.2) is 5.78 Å². The third-order valence-electron chi connectivity index (χ3n) is 4.72. The number of Topliss-reactive ketones (excluding diaryl/α,β-unsaturated/α-hetero) is 1. The predicted molar refractivity (Wildman–Crippen MR) is 94.6 cm³/mol. The Bertz CT molecular complexity index is 246. The number of carbonyl (C=O) groups excluding carboxylic acids is 1. The van der Waals surface area contributed by atoms with Crippen molar-refractivity contribution in [2.45, 2.75) is 105 Å². The fourth-order valence-electron chi connectivity index (χ4n) is 3.25. The van der Waals surface area contributed by atoms with E-state index in [2.05, 4.69) is 27.7 Å². The number of carbonyl (C=O) groups is 1. The molecule has 0 aliphatic carbocycles. The third kappa shape index (κ3) is 14.4. The number of ketones is 1. The third-order valence-corrected chi connectivity index (χ3v) is 4.72. The molecule has 21 heavy (non-hydrogen) atoms. The standard InChI is InChI=1S/C20H40O/c1-6-7-8-11-17(2)12-9-13-18(3)14-10-15-19(4)16-20(5)21/h17-19H,6-16H2,1-5H3. The van der Waals surface area contributed by atoms with Gasteiger partial charge in [-0.2, -0.15) is 0 Å². The first kappa shape index (κ1) is 20.7. The lowest BCUT2D eigenvalue weighted by Gasteiger charge is -2.15. The molecular formula is C20H40O. The van der Waals surface area contributed by atoms with Gasteiger partial charge in [-0.15, -0.1) is 0 Å². The van der Waals surface area contributed by atoms with Crippen LogP contribution < -0.4 is 0 Å².